The van der Waals surface area contributed by atoms with Crippen LogP contribution in [0.3, 0.4) is 0 Å². The molecule has 1 fully saturated rings. The molecule has 1 saturated heterocycles. The highest BCUT2D eigenvalue weighted by Gasteiger charge is 2.33. The Balaban J connectivity index is 1.86. The molecular formula is C15H20N4O2. The van der Waals surface area contributed by atoms with E-state index < -0.39 is 0 Å². The van der Waals surface area contributed by atoms with Crippen LogP contribution < -0.4 is 5.32 Å². The van der Waals surface area contributed by atoms with Crippen molar-refractivity contribution in [2.45, 2.75) is 32.2 Å². The van der Waals surface area contributed by atoms with Gasteiger partial charge in [0.25, 0.3) is 0 Å². The maximum absolute atomic E-state index is 5.54. The van der Waals surface area contributed by atoms with Gasteiger partial charge in [-0.15, -0.1) is 0 Å². The minimum absolute atomic E-state index is 0.123. The largest absolute Gasteiger partial charge is 0.379 e. The third-order valence-corrected chi connectivity index (χ3v) is 3.83. The SMILES string of the molecule is CCNC1COCC1c1nc(-c2ccncc2CC)no1. The number of likely N-dealkylation sites (N-methyl/N-ethyl adjacent to an activating group) is 1. The number of ether oxygens (including phenoxy) is 1. The molecule has 0 aromatic carbocycles. The van der Waals surface area contributed by atoms with E-state index in [-0.39, 0.29) is 12.0 Å². The maximum Gasteiger partial charge on any atom is 0.234 e. The molecule has 1 aliphatic heterocycles. The zero-order valence-corrected chi connectivity index (χ0v) is 12.4. The summed E-state index contributed by atoms with van der Waals surface area (Å²) in [6.07, 6.45) is 4.50. The van der Waals surface area contributed by atoms with Crippen molar-refractivity contribution in [1.29, 1.82) is 0 Å². The van der Waals surface area contributed by atoms with Crippen molar-refractivity contribution in [3.05, 3.63) is 29.9 Å². The highest BCUT2D eigenvalue weighted by Crippen LogP contribution is 2.27. The number of aryl methyl sites for hydroxylation is 1. The molecule has 0 radical (unpaired) electrons. The first kappa shape index (κ1) is 14.2. The number of hydrogen-bond donors (Lipinski definition) is 1. The second-order valence-electron chi connectivity index (χ2n) is 5.15. The first-order chi connectivity index (χ1) is 10.3. The van der Waals surface area contributed by atoms with Gasteiger partial charge in [-0.25, -0.2) is 0 Å². The molecule has 2 aromatic rings. The van der Waals surface area contributed by atoms with Gasteiger partial charge in [-0.3, -0.25) is 4.98 Å². The summed E-state index contributed by atoms with van der Waals surface area (Å²) < 4.78 is 11.0. The molecule has 1 aliphatic rings. The zero-order valence-electron chi connectivity index (χ0n) is 12.4. The quantitative estimate of drug-likeness (QED) is 0.904. The van der Waals surface area contributed by atoms with Gasteiger partial charge in [-0.05, 0) is 24.6 Å². The fourth-order valence-electron chi connectivity index (χ4n) is 2.68. The lowest BCUT2D eigenvalue weighted by Gasteiger charge is -2.13. The van der Waals surface area contributed by atoms with Crippen molar-refractivity contribution in [3.63, 3.8) is 0 Å². The smallest absolute Gasteiger partial charge is 0.234 e. The molecule has 0 bridgehead atoms. The van der Waals surface area contributed by atoms with E-state index in [1.165, 1.54) is 0 Å². The lowest BCUT2D eigenvalue weighted by molar-refractivity contribution is 0.185. The van der Waals surface area contributed by atoms with Crippen LogP contribution in [0.15, 0.2) is 23.0 Å². The number of nitrogens with one attached hydrogen (secondary N) is 1. The monoisotopic (exact) mass is 288 g/mol. The van der Waals surface area contributed by atoms with E-state index >= 15 is 0 Å². The first-order valence-corrected chi connectivity index (χ1v) is 7.41. The van der Waals surface area contributed by atoms with Crippen LogP contribution in [0.4, 0.5) is 0 Å². The fourth-order valence-corrected chi connectivity index (χ4v) is 2.68. The highest BCUT2D eigenvalue weighted by molar-refractivity contribution is 5.58. The predicted octanol–water partition coefficient (Wildman–Crippen LogP) is 1.79. The second kappa shape index (κ2) is 6.32. The minimum atomic E-state index is 0.123. The Bertz CT molecular complexity index is 599. The van der Waals surface area contributed by atoms with E-state index in [1.807, 2.05) is 12.3 Å². The van der Waals surface area contributed by atoms with Crippen molar-refractivity contribution >= 4 is 0 Å². The minimum Gasteiger partial charge on any atom is -0.379 e. The van der Waals surface area contributed by atoms with Crippen LogP contribution in [0.5, 0.6) is 0 Å². The molecule has 21 heavy (non-hydrogen) atoms. The first-order valence-electron chi connectivity index (χ1n) is 7.41. The van der Waals surface area contributed by atoms with E-state index in [0.29, 0.717) is 24.9 Å². The summed E-state index contributed by atoms with van der Waals surface area (Å²) in [5.74, 6) is 1.40. The van der Waals surface area contributed by atoms with E-state index in [2.05, 4.69) is 34.3 Å². The number of rotatable bonds is 5. The number of aromatic nitrogens is 3. The topological polar surface area (TPSA) is 73.1 Å². The summed E-state index contributed by atoms with van der Waals surface area (Å²) in [4.78, 5) is 8.72. The van der Waals surface area contributed by atoms with Gasteiger partial charge in [0, 0.05) is 24.0 Å². The van der Waals surface area contributed by atoms with Gasteiger partial charge in [-0.2, -0.15) is 4.98 Å². The molecular weight excluding hydrogens is 268 g/mol. The summed E-state index contributed by atoms with van der Waals surface area (Å²) in [5, 5.41) is 7.54. The Kier molecular flexibility index (Phi) is 4.26. The lowest BCUT2D eigenvalue weighted by Crippen LogP contribution is -2.34. The third-order valence-electron chi connectivity index (χ3n) is 3.83. The average molecular weight is 288 g/mol. The fraction of sp³-hybridized carbons (Fsp3) is 0.533. The molecule has 3 rings (SSSR count). The van der Waals surface area contributed by atoms with Crippen LogP contribution in [0, 0.1) is 0 Å². The Labute approximate surface area is 123 Å². The molecule has 2 unspecified atom stereocenters. The molecule has 2 aromatic heterocycles. The van der Waals surface area contributed by atoms with E-state index in [0.717, 1.165) is 24.1 Å². The van der Waals surface area contributed by atoms with Gasteiger partial charge >= 0.3 is 0 Å². The molecule has 0 amide bonds. The number of pyridine rings is 1. The van der Waals surface area contributed by atoms with Crippen molar-refractivity contribution in [2.75, 3.05) is 19.8 Å². The van der Waals surface area contributed by atoms with E-state index in [4.69, 9.17) is 9.26 Å². The number of nitrogens with zero attached hydrogens (tertiary/aromatic N) is 3. The number of hydrogen-bond acceptors (Lipinski definition) is 6. The molecule has 0 aliphatic carbocycles. The molecule has 0 spiro atoms. The van der Waals surface area contributed by atoms with Gasteiger partial charge in [-0.1, -0.05) is 19.0 Å². The maximum atomic E-state index is 5.54. The van der Waals surface area contributed by atoms with Crippen molar-refractivity contribution in [2.24, 2.45) is 0 Å². The highest BCUT2D eigenvalue weighted by atomic mass is 16.5. The molecule has 3 heterocycles. The van der Waals surface area contributed by atoms with Gasteiger partial charge in [0.05, 0.1) is 19.1 Å². The molecule has 1 N–H and O–H groups in total. The lowest BCUT2D eigenvalue weighted by atomic mass is 10.0. The average Bonchev–Trinajstić information content (AvgIpc) is 3.16. The van der Waals surface area contributed by atoms with Gasteiger partial charge in [0.1, 0.15) is 0 Å². The predicted molar refractivity (Wildman–Crippen MR) is 77.9 cm³/mol. The second-order valence-corrected chi connectivity index (χ2v) is 5.15. The van der Waals surface area contributed by atoms with Crippen LogP contribution in [0.2, 0.25) is 0 Å². The van der Waals surface area contributed by atoms with Crippen molar-refractivity contribution in [1.82, 2.24) is 20.4 Å². The van der Waals surface area contributed by atoms with Crippen LogP contribution in [-0.2, 0) is 11.2 Å². The molecule has 0 saturated carbocycles. The summed E-state index contributed by atoms with van der Waals surface area (Å²) in [5.41, 5.74) is 2.11. The van der Waals surface area contributed by atoms with Crippen LogP contribution in [0.1, 0.15) is 31.2 Å². The molecule has 2 atom stereocenters. The Hall–Kier alpha value is -1.79. The van der Waals surface area contributed by atoms with Crippen LogP contribution in [-0.4, -0.2) is 40.9 Å². The summed E-state index contributed by atoms with van der Waals surface area (Å²) in [6.45, 7) is 6.38. The van der Waals surface area contributed by atoms with Gasteiger partial charge < -0.3 is 14.6 Å². The Morgan fingerprint density at radius 1 is 1.33 bits per heavy atom. The Morgan fingerprint density at radius 3 is 3.05 bits per heavy atom. The van der Waals surface area contributed by atoms with Gasteiger partial charge in [0.2, 0.25) is 11.7 Å². The Morgan fingerprint density at radius 2 is 2.24 bits per heavy atom. The summed E-state index contributed by atoms with van der Waals surface area (Å²) in [6, 6.07) is 2.17. The molecule has 6 heteroatoms. The van der Waals surface area contributed by atoms with E-state index in [1.54, 1.807) is 6.20 Å². The van der Waals surface area contributed by atoms with Crippen LogP contribution in [0.25, 0.3) is 11.4 Å². The van der Waals surface area contributed by atoms with Crippen molar-refractivity contribution in [3.8, 4) is 11.4 Å². The standard InChI is InChI=1S/C15H20N4O2/c1-3-10-7-16-6-5-11(10)14-18-15(21-19-14)12-8-20-9-13(12)17-4-2/h5-7,12-13,17H,3-4,8-9H2,1-2H3. The summed E-state index contributed by atoms with van der Waals surface area (Å²) in [7, 11) is 0. The molecule has 112 valence electrons. The van der Waals surface area contributed by atoms with Crippen molar-refractivity contribution < 1.29 is 9.26 Å². The normalized spacial score (nSPS) is 21.8. The van der Waals surface area contributed by atoms with E-state index in [9.17, 15) is 0 Å². The summed E-state index contributed by atoms with van der Waals surface area (Å²) >= 11 is 0. The molecule has 6 nitrogen and oxygen atoms in total. The zero-order chi connectivity index (χ0) is 14.7. The van der Waals surface area contributed by atoms with Gasteiger partial charge in [0.15, 0.2) is 0 Å². The third kappa shape index (κ3) is 2.82. The van der Waals surface area contributed by atoms with Crippen LogP contribution >= 0.6 is 0 Å².